The van der Waals surface area contributed by atoms with E-state index in [2.05, 4.69) is 156 Å². The van der Waals surface area contributed by atoms with Crippen LogP contribution in [0.2, 0.25) is 0 Å². The van der Waals surface area contributed by atoms with E-state index in [1.807, 2.05) is 116 Å². The Morgan fingerprint density at radius 1 is 0.403 bits per heavy atom. The maximum Gasteiger partial charge on any atom is 0.259 e. The molecule has 19 heteroatoms. The summed E-state index contributed by atoms with van der Waals surface area (Å²) in [6.07, 6.45) is 56.9. The van der Waals surface area contributed by atoms with Gasteiger partial charge < -0.3 is 62.1 Å². The van der Waals surface area contributed by atoms with Crippen molar-refractivity contribution in [3.63, 3.8) is 0 Å². The minimum atomic E-state index is -1.54. The fourth-order valence-corrected chi connectivity index (χ4v) is 19.6. The van der Waals surface area contributed by atoms with E-state index in [1.54, 1.807) is 28.4 Å². The van der Waals surface area contributed by atoms with Crippen LogP contribution in [0.1, 0.15) is 347 Å². The molecule has 0 amide bonds. The van der Waals surface area contributed by atoms with Crippen LogP contribution in [0.4, 0.5) is 0 Å². The number of allylic oxidation sites excluding steroid dienone is 4. The van der Waals surface area contributed by atoms with E-state index in [0.717, 1.165) is 88.7 Å². The van der Waals surface area contributed by atoms with E-state index >= 15 is 0 Å². The first-order valence-corrected chi connectivity index (χ1v) is 53.4. The zero-order valence-electron chi connectivity index (χ0n) is 82.6. The molecule has 16 nitrogen and oxygen atoms in total. The maximum atomic E-state index is 11.0. The Kier molecular flexibility index (Phi) is 67.6. The molecule has 3 N–H and O–H groups in total. The number of halogens is 1. The van der Waals surface area contributed by atoms with Crippen LogP contribution >= 0.6 is 27.2 Å². The van der Waals surface area contributed by atoms with Crippen LogP contribution in [0.15, 0.2) is 182 Å². The minimum absolute atomic E-state index is 0.114. The second kappa shape index (κ2) is 75.5. The largest absolute Gasteiger partial charge is 0.497 e. The van der Waals surface area contributed by atoms with Crippen molar-refractivity contribution in [3.05, 3.63) is 215 Å². The summed E-state index contributed by atoms with van der Waals surface area (Å²) in [7, 11) is 4.44. The number of hydrogen-bond donors (Lipinski definition) is 3. The molecule has 0 aromatic heterocycles. The highest BCUT2D eigenvalue weighted by Crippen LogP contribution is 2.49. The highest BCUT2D eigenvalue weighted by molar-refractivity contribution is 7.82. The van der Waals surface area contributed by atoms with Gasteiger partial charge in [-0.1, -0.05) is 346 Å². The molecule has 6 aromatic carbocycles. The van der Waals surface area contributed by atoms with Crippen LogP contribution in [0.5, 0.6) is 23.0 Å². The highest BCUT2D eigenvalue weighted by Gasteiger charge is 2.41. The zero-order valence-corrected chi connectivity index (χ0v) is 85.2. The molecule has 0 aliphatic rings. The van der Waals surface area contributed by atoms with E-state index in [9.17, 15) is 10.4 Å². The topological polar surface area (TPSA) is 173 Å². The summed E-state index contributed by atoms with van der Waals surface area (Å²) in [6.45, 7) is 25.3. The number of aliphatic hydroxyl groups excluding tert-OH is 1. The summed E-state index contributed by atoms with van der Waals surface area (Å²) in [5, 5.41) is 27.0. The third kappa shape index (κ3) is 48.8. The molecule has 0 aliphatic carbocycles. The van der Waals surface area contributed by atoms with Gasteiger partial charge in [0.2, 0.25) is 0 Å². The Morgan fingerprint density at radius 2 is 0.729 bits per heavy atom. The summed E-state index contributed by atoms with van der Waals surface area (Å²) in [5.74, 6) is 3.42. The summed E-state index contributed by atoms with van der Waals surface area (Å²) in [4.78, 5) is 0. The van der Waals surface area contributed by atoms with E-state index < -0.39 is 39.4 Å². The van der Waals surface area contributed by atoms with Crippen molar-refractivity contribution in [2.45, 2.75) is 361 Å². The van der Waals surface area contributed by atoms with Crippen molar-refractivity contribution in [3.8, 4) is 29.1 Å². The minimum Gasteiger partial charge on any atom is -0.497 e. The molecule has 0 aliphatic heterocycles. The first-order chi connectivity index (χ1) is 63.0. The zero-order chi connectivity index (χ0) is 93.3. The van der Waals surface area contributed by atoms with Gasteiger partial charge in [0.1, 0.15) is 53.1 Å². The molecule has 0 radical (unpaired) electrons. The van der Waals surface area contributed by atoms with Gasteiger partial charge in [0, 0.05) is 37.9 Å². The fraction of sp³-hybridized carbons (Fsp3) is 0.627. The molecule has 129 heavy (non-hydrogen) atoms. The van der Waals surface area contributed by atoms with Gasteiger partial charge in [-0.2, -0.15) is 5.26 Å². The maximum absolute atomic E-state index is 11.0. The molecule has 0 heterocycles. The van der Waals surface area contributed by atoms with Crippen molar-refractivity contribution in [1.82, 2.24) is 15.1 Å². The van der Waals surface area contributed by atoms with Crippen molar-refractivity contribution in [1.29, 1.82) is 5.26 Å². The van der Waals surface area contributed by atoms with Gasteiger partial charge >= 0.3 is 0 Å². The molecule has 5 unspecified atom stereocenters. The lowest BCUT2D eigenvalue weighted by atomic mass is 9.80. The Labute approximate surface area is 792 Å². The van der Waals surface area contributed by atoms with Crippen molar-refractivity contribution in [2.24, 2.45) is 0 Å². The Hall–Kier alpha value is -5.80. The van der Waals surface area contributed by atoms with Crippen molar-refractivity contribution >= 4 is 27.2 Å². The summed E-state index contributed by atoms with van der Waals surface area (Å²) in [5.41, 5.74) is 3.76. The number of unbranched alkanes of at least 4 members (excludes halogenated alkanes) is 32. The van der Waals surface area contributed by atoms with Crippen LogP contribution < -0.4 is 29.4 Å². The SMILES string of the molecule is CCCCCCCC/C=C\CCCCCCCCCCCCOCC(COC(c1ccccc1)(c1ccc(OC)cc1)c1ccc(OC)cc1)OP(OCCC#N)N(C(C)C)C(C)C.CCCCCCCC/C=C\CCCCCCCCCCCCOCC(O)COC(c1ccccc1)(c1ccc(OC)cc1)c1ccc(OC)cc1.CCOCNP(Cl)C(CC)NC(C)C. The Bertz CT molecular complexity index is 3570. The first-order valence-electron chi connectivity index (χ1n) is 49.9. The standard InChI is InChI=1S/C55H85N2O6P.C46H68O5.C9H22ClN2OP/c1-8-9-10-11-12-13-14-15-16-17-18-19-20-21-22-23-24-25-26-30-43-60-45-54(63-64(62-44-31-42-56)57(47(2)3)48(4)5)46-61-55(49-32-28-27-29-33-49,50-34-38-52(58-6)39-35-50)51-36-40-53(59-7)41-37-51;1-4-5-6-7-8-9-10-11-12-13-14-15-16-17-18-19-20-21-22-26-37-50-38-43(47)39-51-46(40-27-24-23-25-28-40,41-29-33-44(48-2)34-30-41)42-31-35-45(49-3)36-32-42;1-5-9(12-8(3)4)14(10)11-7-13-6-2/h15-16,27-29,32-41,47-48,54H,8-14,17-26,30-31,43-46H2,1-7H3;11-12,23-25,27-36,43,47H,4-10,13-22,26,37-39H2,1-3H3;8-9,11-12H,5-7H2,1-4H3/b16-15-;12-11-;. The van der Waals surface area contributed by atoms with E-state index in [-0.39, 0.29) is 44.9 Å². The lowest BCUT2D eigenvalue weighted by Gasteiger charge is -2.39. The Balaban J connectivity index is 0.000000477. The van der Waals surface area contributed by atoms with Crippen LogP contribution in [-0.2, 0) is 43.9 Å². The molecule has 0 spiro atoms. The molecule has 6 aromatic rings. The molecule has 0 fully saturated rings. The summed E-state index contributed by atoms with van der Waals surface area (Å²) in [6, 6.07) is 55.5. The Morgan fingerprint density at radius 3 is 1.05 bits per heavy atom. The molecule has 0 bridgehead atoms. The average molecular weight is 1840 g/mol. The van der Waals surface area contributed by atoms with Gasteiger partial charge in [0.15, 0.2) is 0 Å². The number of nitrogens with one attached hydrogen (secondary N) is 2. The van der Waals surface area contributed by atoms with Crippen LogP contribution in [-0.4, -0.2) is 134 Å². The first kappa shape index (κ1) is 116. The van der Waals surface area contributed by atoms with Gasteiger partial charge in [-0.15, -0.1) is 0 Å². The molecule has 724 valence electrons. The van der Waals surface area contributed by atoms with Gasteiger partial charge in [0.05, 0.1) is 87.2 Å². The van der Waals surface area contributed by atoms with Gasteiger partial charge in [-0.05, 0) is 187 Å². The van der Waals surface area contributed by atoms with Gasteiger partial charge in [-0.3, -0.25) is 5.09 Å². The fourth-order valence-electron chi connectivity index (χ4n) is 16.0. The molecule has 5 atom stereocenters. The summed E-state index contributed by atoms with van der Waals surface area (Å²) >= 11 is 6.24. The highest BCUT2D eigenvalue weighted by atomic mass is 35.7. The van der Waals surface area contributed by atoms with E-state index in [1.165, 1.54) is 212 Å². The number of benzene rings is 6. The number of aliphatic hydroxyl groups is 1. The van der Waals surface area contributed by atoms with Crippen LogP contribution in [0.3, 0.4) is 0 Å². The number of nitriles is 1. The second-order valence-corrected chi connectivity index (χ2v) is 38.8. The van der Waals surface area contributed by atoms with Crippen molar-refractivity contribution < 1.29 is 56.8 Å². The van der Waals surface area contributed by atoms with Crippen molar-refractivity contribution in [2.75, 3.05) is 88.0 Å². The van der Waals surface area contributed by atoms with E-state index in [0.29, 0.717) is 38.4 Å². The van der Waals surface area contributed by atoms with Crippen LogP contribution in [0, 0.1) is 11.3 Å². The number of rotatable bonds is 76. The predicted molar refractivity (Wildman–Crippen MR) is 545 cm³/mol. The third-order valence-electron chi connectivity index (χ3n) is 23.1. The number of nitrogens with zero attached hydrogens (tertiary/aromatic N) is 2. The monoisotopic (exact) mass is 1840 g/mol. The van der Waals surface area contributed by atoms with Gasteiger partial charge in [-0.25, -0.2) is 4.67 Å². The molecular formula is C110H175ClN4O12P2. The number of ether oxygens (including phenoxy) is 9. The molecular weight excluding hydrogens is 1670 g/mol. The third-order valence-corrected chi connectivity index (χ3v) is 27.9. The molecule has 6 rings (SSSR count). The smallest absolute Gasteiger partial charge is 0.259 e. The lowest BCUT2D eigenvalue weighted by molar-refractivity contribution is -0.0641. The lowest BCUT2D eigenvalue weighted by Crippen LogP contribution is -2.39. The normalized spacial score (nSPS) is 13.0. The predicted octanol–water partition coefficient (Wildman–Crippen LogP) is 30.1. The molecule has 0 saturated heterocycles. The molecule has 0 saturated carbocycles. The summed E-state index contributed by atoms with van der Waals surface area (Å²) < 4.78 is 69.3. The van der Waals surface area contributed by atoms with Gasteiger partial charge in [0.25, 0.3) is 8.53 Å². The average Bonchev–Trinajstić information content (AvgIpc) is 0.759. The van der Waals surface area contributed by atoms with E-state index in [4.69, 9.17) is 62.9 Å². The second-order valence-electron chi connectivity index (χ2n) is 34.8. The number of hydrogen-bond acceptors (Lipinski definition) is 16. The quantitative estimate of drug-likeness (QED) is 0.0108. The van der Waals surface area contributed by atoms with Crippen LogP contribution in [0.25, 0.3) is 0 Å². The number of methoxy groups -OCH3 is 4.